The van der Waals surface area contributed by atoms with Crippen molar-refractivity contribution in [3.63, 3.8) is 0 Å². The van der Waals surface area contributed by atoms with Crippen molar-refractivity contribution in [2.75, 3.05) is 13.7 Å². The average molecular weight is 400 g/mol. The Morgan fingerprint density at radius 1 is 1.04 bits per heavy atom. The Bertz CT molecular complexity index is 932. The highest BCUT2D eigenvalue weighted by molar-refractivity contribution is 6.32. The van der Waals surface area contributed by atoms with E-state index in [4.69, 9.17) is 21.1 Å². The van der Waals surface area contributed by atoms with Gasteiger partial charge in [-0.25, -0.2) is 4.39 Å². The first-order valence-electron chi connectivity index (χ1n) is 8.63. The highest BCUT2D eigenvalue weighted by Gasteiger charge is 2.17. The van der Waals surface area contributed by atoms with E-state index in [0.717, 1.165) is 22.9 Å². The number of hydrogen-bond acceptors (Lipinski definition) is 3. The van der Waals surface area contributed by atoms with Crippen LogP contribution in [-0.4, -0.2) is 19.6 Å². The predicted molar refractivity (Wildman–Crippen MR) is 106 cm³/mol. The molecular weight excluding hydrogens is 381 g/mol. The highest BCUT2D eigenvalue weighted by atomic mass is 35.5. The largest absolute Gasteiger partial charge is 0.497 e. The molecule has 6 heteroatoms. The number of ether oxygens (including phenoxy) is 2. The second-order valence-corrected chi connectivity index (χ2v) is 6.45. The van der Waals surface area contributed by atoms with Crippen LogP contribution in [0.25, 0.3) is 0 Å². The number of rotatable bonds is 7. The maximum atomic E-state index is 13.1. The zero-order valence-corrected chi connectivity index (χ0v) is 15.9. The van der Waals surface area contributed by atoms with Gasteiger partial charge in [-0.15, -0.1) is 0 Å². The fourth-order valence-electron chi connectivity index (χ4n) is 2.74. The molecule has 0 aromatic heterocycles. The Kier molecular flexibility index (Phi) is 6.50. The van der Waals surface area contributed by atoms with Gasteiger partial charge in [0.05, 0.1) is 18.2 Å². The lowest BCUT2D eigenvalue weighted by atomic mass is 9.98. The second-order valence-electron chi connectivity index (χ2n) is 6.05. The fourth-order valence-corrected chi connectivity index (χ4v) is 2.96. The quantitative estimate of drug-likeness (QED) is 0.622. The number of halogens is 2. The molecule has 4 nitrogen and oxygen atoms in total. The molecule has 1 N–H and O–H groups in total. The normalized spacial score (nSPS) is 11.5. The summed E-state index contributed by atoms with van der Waals surface area (Å²) >= 11 is 5.93. The average Bonchev–Trinajstić information content (AvgIpc) is 2.72. The van der Waals surface area contributed by atoms with Crippen LogP contribution < -0.4 is 14.8 Å². The lowest BCUT2D eigenvalue weighted by Crippen LogP contribution is -2.33. The van der Waals surface area contributed by atoms with Crippen molar-refractivity contribution in [1.29, 1.82) is 0 Å². The van der Waals surface area contributed by atoms with Crippen molar-refractivity contribution >= 4 is 17.5 Å². The number of carbonyl (C=O) groups is 1. The highest BCUT2D eigenvalue weighted by Crippen LogP contribution is 2.26. The summed E-state index contributed by atoms with van der Waals surface area (Å²) in [5.74, 6) is 0.186. The van der Waals surface area contributed by atoms with E-state index in [-0.39, 0.29) is 29.3 Å². The zero-order valence-electron chi connectivity index (χ0n) is 15.2. The van der Waals surface area contributed by atoms with Crippen molar-refractivity contribution < 1.29 is 18.7 Å². The van der Waals surface area contributed by atoms with E-state index in [9.17, 15) is 9.18 Å². The van der Waals surface area contributed by atoms with Crippen LogP contribution in [0.3, 0.4) is 0 Å². The van der Waals surface area contributed by atoms with Crippen molar-refractivity contribution in [2.24, 2.45) is 0 Å². The van der Waals surface area contributed by atoms with Gasteiger partial charge in [-0.3, -0.25) is 4.79 Å². The summed E-state index contributed by atoms with van der Waals surface area (Å²) < 4.78 is 23.7. The molecule has 3 aromatic carbocycles. The van der Waals surface area contributed by atoms with E-state index in [1.807, 2.05) is 54.6 Å². The lowest BCUT2D eigenvalue weighted by Gasteiger charge is -2.20. The minimum atomic E-state index is -0.467. The summed E-state index contributed by atoms with van der Waals surface area (Å²) in [7, 11) is 1.60. The monoisotopic (exact) mass is 399 g/mol. The second kappa shape index (κ2) is 9.24. The SMILES string of the molecule is COc1ccc(C(NC(=O)COc2ccc(F)cc2Cl)c2ccccc2)cc1. The van der Waals surface area contributed by atoms with E-state index in [0.29, 0.717) is 0 Å². The predicted octanol–water partition coefficient (Wildman–Crippen LogP) is 4.77. The first-order chi connectivity index (χ1) is 13.6. The third-order valence-electron chi connectivity index (χ3n) is 4.14. The number of amides is 1. The van der Waals surface area contributed by atoms with Gasteiger partial charge in [0, 0.05) is 0 Å². The van der Waals surface area contributed by atoms with Crippen LogP contribution in [0.1, 0.15) is 17.2 Å². The standard InChI is InChI=1S/C22H19ClFNO3/c1-27-18-10-7-16(8-11-18)22(15-5-3-2-4-6-15)25-21(26)14-28-20-12-9-17(24)13-19(20)23/h2-13,22H,14H2,1H3,(H,25,26). The minimum absolute atomic E-state index is 0.113. The Balaban J connectivity index is 1.74. The molecule has 1 atom stereocenters. The van der Waals surface area contributed by atoms with E-state index < -0.39 is 5.82 Å². The van der Waals surface area contributed by atoms with Crippen molar-refractivity contribution in [1.82, 2.24) is 5.32 Å². The van der Waals surface area contributed by atoms with Gasteiger partial charge in [-0.05, 0) is 41.5 Å². The van der Waals surface area contributed by atoms with Crippen LogP contribution in [0.5, 0.6) is 11.5 Å². The van der Waals surface area contributed by atoms with Gasteiger partial charge in [-0.2, -0.15) is 0 Å². The fraction of sp³-hybridized carbons (Fsp3) is 0.136. The summed E-state index contributed by atoms with van der Waals surface area (Å²) in [5, 5.41) is 3.08. The number of hydrogen-bond donors (Lipinski definition) is 1. The van der Waals surface area contributed by atoms with Gasteiger partial charge in [0.1, 0.15) is 17.3 Å². The molecule has 0 fully saturated rings. The van der Waals surface area contributed by atoms with Crippen molar-refractivity contribution in [3.05, 3.63) is 94.8 Å². The third kappa shape index (κ3) is 5.02. The molecule has 3 aromatic rings. The minimum Gasteiger partial charge on any atom is -0.497 e. The van der Waals surface area contributed by atoms with Gasteiger partial charge in [0.25, 0.3) is 5.91 Å². The van der Waals surface area contributed by atoms with E-state index >= 15 is 0 Å². The molecule has 144 valence electrons. The van der Waals surface area contributed by atoms with Gasteiger partial charge >= 0.3 is 0 Å². The zero-order chi connectivity index (χ0) is 19.9. The lowest BCUT2D eigenvalue weighted by molar-refractivity contribution is -0.123. The molecule has 0 bridgehead atoms. The maximum Gasteiger partial charge on any atom is 0.258 e. The molecule has 0 heterocycles. The third-order valence-corrected chi connectivity index (χ3v) is 4.44. The Hall–Kier alpha value is -3.05. The molecule has 0 saturated heterocycles. The molecule has 1 unspecified atom stereocenters. The summed E-state index contributed by atoms with van der Waals surface area (Å²) in [4.78, 5) is 12.5. The van der Waals surface area contributed by atoms with Gasteiger partial charge in [-0.1, -0.05) is 54.1 Å². The van der Waals surface area contributed by atoms with Gasteiger partial charge in [0.2, 0.25) is 0 Å². The Morgan fingerprint density at radius 2 is 1.71 bits per heavy atom. The van der Waals surface area contributed by atoms with Crippen molar-refractivity contribution in [3.8, 4) is 11.5 Å². The summed E-state index contributed by atoms with van der Waals surface area (Å²) in [5.41, 5.74) is 1.83. The van der Waals surface area contributed by atoms with E-state index in [1.165, 1.54) is 12.1 Å². The summed E-state index contributed by atoms with van der Waals surface area (Å²) in [6, 6.07) is 20.5. The first kappa shape index (κ1) is 19.7. The molecule has 1 amide bonds. The number of nitrogens with one attached hydrogen (secondary N) is 1. The van der Waals surface area contributed by atoms with Gasteiger partial charge in [0.15, 0.2) is 6.61 Å². The molecule has 0 aliphatic heterocycles. The van der Waals surface area contributed by atoms with Crippen molar-refractivity contribution in [2.45, 2.75) is 6.04 Å². The van der Waals surface area contributed by atoms with Crippen LogP contribution in [-0.2, 0) is 4.79 Å². The summed E-state index contributed by atoms with van der Waals surface area (Å²) in [6.45, 7) is -0.245. The smallest absolute Gasteiger partial charge is 0.258 e. The Labute approximate surface area is 167 Å². The van der Waals surface area contributed by atoms with Crippen LogP contribution in [0, 0.1) is 5.82 Å². The van der Waals surface area contributed by atoms with Crippen LogP contribution in [0.15, 0.2) is 72.8 Å². The summed E-state index contributed by atoms with van der Waals surface area (Å²) in [6.07, 6.45) is 0. The number of benzene rings is 3. The molecule has 3 rings (SSSR count). The topological polar surface area (TPSA) is 47.6 Å². The molecule has 0 aliphatic rings. The van der Waals surface area contributed by atoms with Crippen LogP contribution in [0.4, 0.5) is 4.39 Å². The molecule has 28 heavy (non-hydrogen) atoms. The number of methoxy groups -OCH3 is 1. The van der Waals surface area contributed by atoms with Crippen LogP contribution >= 0.6 is 11.6 Å². The first-order valence-corrected chi connectivity index (χ1v) is 9.00. The maximum absolute atomic E-state index is 13.1. The molecule has 0 radical (unpaired) electrons. The molecular formula is C22H19ClFNO3. The molecule has 0 spiro atoms. The molecule has 0 aliphatic carbocycles. The Morgan fingerprint density at radius 3 is 2.36 bits per heavy atom. The van der Waals surface area contributed by atoms with Gasteiger partial charge < -0.3 is 14.8 Å². The van der Waals surface area contributed by atoms with E-state index in [2.05, 4.69) is 5.32 Å². The number of carbonyl (C=O) groups excluding carboxylic acids is 1. The van der Waals surface area contributed by atoms with E-state index in [1.54, 1.807) is 7.11 Å². The molecule has 0 saturated carbocycles. The van der Waals surface area contributed by atoms with Crippen LogP contribution in [0.2, 0.25) is 5.02 Å².